The Hall–Kier alpha value is -2.44. The van der Waals surface area contributed by atoms with Crippen LogP contribution in [0.25, 0.3) is 6.08 Å². The molecule has 0 saturated carbocycles. The van der Waals surface area contributed by atoms with Gasteiger partial charge in [-0.3, -0.25) is 4.79 Å². The summed E-state index contributed by atoms with van der Waals surface area (Å²) in [5.41, 5.74) is 2.14. The van der Waals surface area contributed by atoms with Crippen LogP contribution in [0.1, 0.15) is 11.1 Å². The molecule has 1 aliphatic heterocycles. The van der Waals surface area contributed by atoms with Gasteiger partial charge in [-0.2, -0.15) is 4.31 Å². The highest BCUT2D eigenvalue weighted by Gasteiger charge is 2.29. The number of carbonyl (C=O) groups excluding carboxylic acids is 1. The van der Waals surface area contributed by atoms with Gasteiger partial charge in [0.15, 0.2) is 0 Å². The number of hydrogen-bond donors (Lipinski definition) is 0. The van der Waals surface area contributed by atoms with Crippen molar-refractivity contribution in [1.29, 1.82) is 0 Å². The zero-order chi connectivity index (χ0) is 18.6. The lowest BCUT2D eigenvalue weighted by molar-refractivity contribution is -0.127. The Kier molecular flexibility index (Phi) is 5.54. The van der Waals surface area contributed by atoms with E-state index in [9.17, 15) is 13.2 Å². The van der Waals surface area contributed by atoms with Crippen LogP contribution in [0.4, 0.5) is 0 Å². The summed E-state index contributed by atoms with van der Waals surface area (Å²) >= 11 is 0. The molecular weight excluding hydrogens is 348 g/mol. The molecule has 0 spiro atoms. The highest BCUT2D eigenvalue weighted by molar-refractivity contribution is 7.89. The van der Waals surface area contributed by atoms with E-state index >= 15 is 0 Å². The van der Waals surface area contributed by atoms with Crippen LogP contribution in [0, 0.1) is 6.92 Å². The van der Waals surface area contributed by atoms with Crippen molar-refractivity contribution < 1.29 is 13.2 Å². The number of carbonyl (C=O) groups is 1. The van der Waals surface area contributed by atoms with E-state index in [0.717, 1.165) is 5.56 Å². The van der Waals surface area contributed by atoms with Crippen molar-refractivity contribution in [1.82, 2.24) is 9.21 Å². The first-order chi connectivity index (χ1) is 12.5. The van der Waals surface area contributed by atoms with Gasteiger partial charge >= 0.3 is 0 Å². The lowest BCUT2D eigenvalue weighted by Crippen LogP contribution is -2.50. The van der Waals surface area contributed by atoms with Gasteiger partial charge in [0, 0.05) is 32.3 Å². The molecule has 0 aliphatic carbocycles. The number of benzene rings is 2. The number of amides is 1. The topological polar surface area (TPSA) is 57.7 Å². The van der Waals surface area contributed by atoms with Gasteiger partial charge in [-0.25, -0.2) is 8.42 Å². The predicted molar refractivity (Wildman–Crippen MR) is 102 cm³/mol. The monoisotopic (exact) mass is 370 g/mol. The SMILES string of the molecule is Cc1ccc(/C=C/C(=O)N2CCN(S(=O)(=O)c3ccccc3)CC2)cc1. The van der Waals surface area contributed by atoms with Crippen LogP contribution in [0.5, 0.6) is 0 Å². The zero-order valence-corrected chi connectivity index (χ0v) is 15.5. The second-order valence-electron chi connectivity index (χ2n) is 6.29. The van der Waals surface area contributed by atoms with Gasteiger partial charge in [-0.05, 0) is 30.7 Å². The molecule has 2 aromatic carbocycles. The largest absolute Gasteiger partial charge is 0.337 e. The Labute approximate surface area is 154 Å². The minimum absolute atomic E-state index is 0.0951. The highest BCUT2D eigenvalue weighted by atomic mass is 32.2. The van der Waals surface area contributed by atoms with E-state index in [4.69, 9.17) is 0 Å². The molecule has 0 radical (unpaired) electrons. The summed E-state index contributed by atoms with van der Waals surface area (Å²) < 4.78 is 26.7. The van der Waals surface area contributed by atoms with E-state index in [1.165, 1.54) is 9.87 Å². The van der Waals surface area contributed by atoms with Crippen molar-refractivity contribution in [3.63, 3.8) is 0 Å². The van der Waals surface area contributed by atoms with Crippen molar-refractivity contribution in [3.8, 4) is 0 Å². The molecule has 1 fully saturated rings. The molecule has 136 valence electrons. The van der Waals surface area contributed by atoms with Crippen LogP contribution in [0.2, 0.25) is 0 Å². The second-order valence-corrected chi connectivity index (χ2v) is 8.22. The van der Waals surface area contributed by atoms with Crippen LogP contribution in [0.3, 0.4) is 0 Å². The number of rotatable bonds is 4. The summed E-state index contributed by atoms with van der Waals surface area (Å²) in [6, 6.07) is 16.3. The molecule has 0 bridgehead atoms. The molecule has 3 rings (SSSR count). The van der Waals surface area contributed by atoms with Crippen LogP contribution in [-0.2, 0) is 14.8 Å². The molecule has 5 nitrogen and oxygen atoms in total. The van der Waals surface area contributed by atoms with Crippen molar-refractivity contribution >= 4 is 22.0 Å². The number of hydrogen-bond acceptors (Lipinski definition) is 3. The summed E-state index contributed by atoms with van der Waals surface area (Å²) in [7, 11) is -3.49. The Morgan fingerprint density at radius 3 is 2.15 bits per heavy atom. The van der Waals surface area contributed by atoms with Gasteiger partial charge in [-0.1, -0.05) is 48.0 Å². The Balaban J connectivity index is 1.59. The van der Waals surface area contributed by atoms with Crippen LogP contribution in [-0.4, -0.2) is 49.7 Å². The third-order valence-electron chi connectivity index (χ3n) is 4.43. The molecule has 6 heteroatoms. The van der Waals surface area contributed by atoms with Crippen molar-refractivity contribution in [3.05, 3.63) is 71.8 Å². The minimum Gasteiger partial charge on any atom is -0.337 e. The van der Waals surface area contributed by atoms with Crippen molar-refractivity contribution in [2.75, 3.05) is 26.2 Å². The third kappa shape index (κ3) is 4.20. The second kappa shape index (κ2) is 7.85. The van der Waals surface area contributed by atoms with Crippen LogP contribution < -0.4 is 0 Å². The fourth-order valence-corrected chi connectivity index (χ4v) is 4.28. The van der Waals surface area contributed by atoms with Crippen LogP contribution >= 0.6 is 0 Å². The molecule has 0 atom stereocenters. The van der Waals surface area contributed by atoms with Crippen LogP contribution in [0.15, 0.2) is 65.6 Å². The molecule has 2 aromatic rings. The molecule has 0 aromatic heterocycles. The van der Waals surface area contributed by atoms with Crippen molar-refractivity contribution in [2.24, 2.45) is 0 Å². The third-order valence-corrected chi connectivity index (χ3v) is 6.34. The molecule has 1 saturated heterocycles. The number of piperazine rings is 1. The number of aryl methyl sites for hydroxylation is 1. The Morgan fingerprint density at radius 1 is 0.923 bits per heavy atom. The standard InChI is InChI=1S/C20H22N2O3S/c1-17-7-9-18(10-8-17)11-12-20(23)21-13-15-22(16-14-21)26(24,25)19-5-3-2-4-6-19/h2-12H,13-16H2,1H3/b12-11+. The molecule has 1 heterocycles. The normalized spacial score (nSPS) is 16.1. The van der Waals surface area contributed by atoms with Gasteiger partial charge in [-0.15, -0.1) is 0 Å². The van der Waals surface area contributed by atoms with Gasteiger partial charge in [0.05, 0.1) is 4.90 Å². The lowest BCUT2D eigenvalue weighted by atomic mass is 10.1. The molecule has 1 amide bonds. The highest BCUT2D eigenvalue weighted by Crippen LogP contribution is 2.17. The first-order valence-corrected chi connectivity index (χ1v) is 10.00. The Morgan fingerprint density at radius 2 is 1.54 bits per heavy atom. The fraction of sp³-hybridized carbons (Fsp3) is 0.250. The zero-order valence-electron chi connectivity index (χ0n) is 14.7. The average molecular weight is 370 g/mol. The summed E-state index contributed by atoms with van der Waals surface area (Å²) in [6.07, 6.45) is 3.33. The van der Waals surface area contributed by atoms with E-state index in [1.54, 1.807) is 47.4 Å². The maximum absolute atomic E-state index is 12.6. The predicted octanol–water partition coefficient (Wildman–Crippen LogP) is 2.54. The first kappa shape index (κ1) is 18.4. The van der Waals surface area contributed by atoms with Gasteiger partial charge < -0.3 is 4.90 Å². The van der Waals surface area contributed by atoms with E-state index in [0.29, 0.717) is 31.1 Å². The molecule has 26 heavy (non-hydrogen) atoms. The quantitative estimate of drug-likeness (QED) is 0.777. The van der Waals surface area contributed by atoms with E-state index in [1.807, 2.05) is 31.2 Å². The number of sulfonamides is 1. The Bertz CT molecular complexity index is 882. The molecular formula is C20H22N2O3S. The molecule has 1 aliphatic rings. The lowest BCUT2D eigenvalue weighted by Gasteiger charge is -2.33. The number of nitrogens with zero attached hydrogens (tertiary/aromatic N) is 2. The summed E-state index contributed by atoms with van der Waals surface area (Å²) in [6.45, 7) is 3.41. The minimum atomic E-state index is -3.49. The molecule has 0 unspecified atom stereocenters. The smallest absolute Gasteiger partial charge is 0.246 e. The fourth-order valence-electron chi connectivity index (χ4n) is 2.84. The summed E-state index contributed by atoms with van der Waals surface area (Å²) in [4.78, 5) is 14.3. The summed E-state index contributed by atoms with van der Waals surface area (Å²) in [5, 5.41) is 0. The van der Waals surface area contributed by atoms with E-state index < -0.39 is 10.0 Å². The van der Waals surface area contributed by atoms with E-state index in [2.05, 4.69) is 0 Å². The van der Waals surface area contributed by atoms with Crippen molar-refractivity contribution in [2.45, 2.75) is 11.8 Å². The average Bonchev–Trinajstić information content (AvgIpc) is 2.68. The molecule has 0 N–H and O–H groups in total. The van der Waals surface area contributed by atoms with E-state index in [-0.39, 0.29) is 5.91 Å². The van der Waals surface area contributed by atoms with Gasteiger partial charge in [0.25, 0.3) is 0 Å². The maximum atomic E-state index is 12.6. The summed E-state index contributed by atoms with van der Waals surface area (Å²) in [5.74, 6) is -0.0951. The van der Waals surface area contributed by atoms with Gasteiger partial charge in [0.1, 0.15) is 0 Å². The first-order valence-electron chi connectivity index (χ1n) is 8.56. The maximum Gasteiger partial charge on any atom is 0.246 e. The van der Waals surface area contributed by atoms with Gasteiger partial charge in [0.2, 0.25) is 15.9 Å².